The fourth-order valence-corrected chi connectivity index (χ4v) is 2.27. The van der Waals surface area contributed by atoms with Gasteiger partial charge in [0.2, 0.25) is 0 Å². The van der Waals surface area contributed by atoms with Gasteiger partial charge in [-0.3, -0.25) is 4.98 Å². The summed E-state index contributed by atoms with van der Waals surface area (Å²) in [7, 11) is 0. The third kappa shape index (κ3) is 3.52. The second kappa shape index (κ2) is 6.29. The number of hydrogen-bond acceptors (Lipinski definition) is 3. The summed E-state index contributed by atoms with van der Waals surface area (Å²) in [6.45, 7) is 5.84. The second-order valence-corrected chi connectivity index (χ2v) is 5.85. The molecule has 1 heterocycles. The first kappa shape index (κ1) is 14.9. The SMILES string of the molecule is CC(C)(CCO)CNCc1ccc(F)c2cccnc12. The van der Waals surface area contributed by atoms with Crippen LogP contribution in [0.15, 0.2) is 30.5 Å². The molecule has 0 saturated heterocycles. The average molecular weight is 276 g/mol. The number of hydrogen-bond donors (Lipinski definition) is 2. The van der Waals surface area contributed by atoms with Gasteiger partial charge in [-0.1, -0.05) is 19.9 Å². The van der Waals surface area contributed by atoms with Crippen LogP contribution in [0, 0.1) is 11.2 Å². The van der Waals surface area contributed by atoms with Gasteiger partial charge in [-0.15, -0.1) is 0 Å². The minimum Gasteiger partial charge on any atom is -0.396 e. The minimum absolute atomic E-state index is 0.0397. The summed E-state index contributed by atoms with van der Waals surface area (Å²) in [4.78, 5) is 4.27. The van der Waals surface area contributed by atoms with E-state index in [0.29, 0.717) is 17.4 Å². The molecule has 1 aromatic heterocycles. The number of pyridine rings is 1. The lowest BCUT2D eigenvalue weighted by Gasteiger charge is -2.24. The molecule has 20 heavy (non-hydrogen) atoms. The monoisotopic (exact) mass is 276 g/mol. The van der Waals surface area contributed by atoms with Crippen molar-refractivity contribution in [2.45, 2.75) is 26.8 Å². The molecular weight excluding hydrogens is 255 g/mol. The quantitative estimate of drug-likeness (QED) is 0.852. The predicted molar refractivity (Wildman–Crippen MR) is 78.9 cm³/mol. The Kier molecular flexibility index (Phi) is 4.68. The van der Waals surface area contributed by atoms with E-state index in [4.69, 9.17) is 5.11 Å². The van der Waals surface area contributed by atoms with Crippen molar-refractivity contribution < 1.29 is 9.50 Å². The van der Waals surface area contributed by atoms with Crippen molar-refractivity contribution in [1.29, 1.82) is 0 Å². The van der Waals surface area contributed by atoms with E-state index in [9.17, 15) is 4.39 Å². The summed E-state index contributed by atoms with van der Waals surface area (Å²) in [5.41, 5.74) is 1.74. The van der Waals surface area contributed by atoms with Crippen molar-refractivity contribution in [3.8, 4) is 0 Å². The molecule has 0 aliphatic rings. The summed E-state index contributed by atoms with van der Waals surface area (Å²) in [6.07, 6.45) is 2.43. The first-order valence-corrected chi connectivity index (χ1v) is 6.87. The highest BCUT2D eigenvalue weighted by atomic mass is 19.1. The molecule has 3 nitrogen and oxygen atoms in total. The Labute approximate surface area is 118 Å². The van der Waals surface area contributed by atoms with Crippen LogP contribution in [0.25, 0.3) is 10.9 Å². The first-order chi connectivity index (χ1) is 9.53. The fourth-order valence-electron chi connectivity index (χ4n) is 2.27. The molecule has 4 heteroatoms. The van der Waals surface area contributed by atoms with Gasteiger partial charge in [0.1, 0.15) is 5.82 Å². The van der Waals surface area contributed by atoms with Crippen LogP contribution >= 0.6 is 0 Å². The zero-order chi connectivity index (χ0) is 14.6. The number of aliphatic hydroxyl groups is 1. The van der Waals surface area contributed by atoms with Crippen LogP contribution in [-0.2, 0) is 6.54 Å². The molecule has 0 fully saturated rings. The smallest absolute Gasteiger partial charge is 0.132 e. The van der Waals surface area contributed by atoms with Gasteiger partial charge in [-0.2, -0.15) is 0 Å². The molecule has 0 aliphatic carbocycles. The lowest BCUT2D eigenvalue weighted by molar-refractivity contribution is 0.207. The maximum Gasteiger partial charge on any atom is 0.132 e. The van der Waals surface area contributed by atoms with Gasteiger partial charge >= 0.3 is 0 Å². The van der Waals surface area contributed by atoms with Crippen molar-refractivity contribution in [2.75, 3.05) is 13.2 Å². The zero-order valence-corrected chi connectivity index (χ0v) is 12.0. The second-order valence-electron chi connectivity index (χ2n) is 5.85. The molecule has 2 aromatic rings. The van der Waals surface area contributed by atoms with Crippen LogP contribution in [0.1, 0.15) is 25.8 Å². The number of rotatable bonds is 6. The van der Waals surface area contributed by atoms with Crippen LogP contribution in [0.4, 0.5) is 4.39 Å². The van der Waals surface area contributed by atoms with E-state index in [1.807, 2.05) is 0 Å². The summed E-state index contributed by atoms with van der Waals surface area (Å²) < 4.78 is 13.7. The Balaban J connectivity index is 2.09. The molecule has 0 bridgehead atoms. The summed E-state index contributed by atoms with van der Waals surface area (Å²) in [5, 5.41) is 12.9. The number of nitrogens with one attached hydrogen (secondary N) is 1. The van der Waals surface area contributed by atoms with Crippen molar-refractivity contribution in [1.82, 2.24) is 10.3 Å². The molecule has 1 aromatic carbocycles. The molecule has 0 unspecified atom stereocenters. The first-order valence-electron chi connectivity index (χ1n) is 6.87. The molecule has 2 N–H and O–H groups in total. The molecular formula is C16H21FN2O. The minimum atomic E-state index is -0.238. The Morgan fingerprint density at radius 3 is 2.85 bits per heavy atom. The fraction of sp³-hybridized carbons (Fsp3) is 0.438. The third-order valence-electron chi connectivity index (χ3n) is 3.51. The van der Waals surface area contributed by atoms with Gasteiger partial charge < -0.3 is 10.4 Å². The lowest BCUT2D eigenvalue weighted by Crippen LogP contribution is -2.30. The maximum absolute atomic E-state index is 13.7. The Bertz CT molecular complexity index is 584. The number of nitrogens with zero attached hydrogens (tertiary/aromatic N) is 1. The zero-order valence-electron chi connectivity index (χ0n) is 12.0. The number of aromatic nitrogens is 1. The largest absolute Gasteiger partial charge is 0.396 e. The van der Waals surface area contributed by atoms with E-state index in [1.165, 1.54) is 6.07 Å². The van der Waals surface area contributed by atoms with Crippen molar-refractivity contribution in [3.05, 3.63) is 41.8 Å². The highest BCUT2D eigenvalue weighted by Gasteiger charge is 2.16. The van der Waals surface area contributed by atoms with Crippen LogP contribution < -0.4 is 5.32 Å². The van der Waals surface area contributed by atoms with E-state index in [1.54, 1.807) is 24.4 Å². The molecule has 0 atom stereocenters. The standard InChI is InChI=1S/C16H21FN2O/c1-16(2,7-9-20)11-18-10-12-5-6-14(17)13-4-3-8-19-15(12)13/h3-6,8,18,20H,7,9-11H2,1-2H3. The van der Waals surface area contributed by atoms with Gasteiger partial charge in [0.15, 0.2) is 0 Å². The van der Waals surface area contributed by atoms with Gasteiger partial charge in [0, 0.05) is 31.3 Å². The molecule has 0 aliphatic heterocycles. The van der Waals surface area contributed by atoms with Crippen LogP contribution in [0.5, 0.6) is 0 Å². The van der Waals surface area contributed by atoms with E-state index in [-0.39, 0.29) is 17.8 Å². The van der Waals surface area contributed by atoms with Crippen LogP contribution in [0.2, 0.25) is 0 Å². The highest BCUT2D eigenvalue weighted by Crippen LogP contribution is 2.21. The Morgan fingerprint density at radius 2 is 2.10 bits per heavy atom. The Morgan fingerprint density at radius 1 is 1.30 bits per heavy atom. The Hall–Kier alpha value is -1.52. The number of halogens is 1. The molecule has 0 saturated carbocycles. The topological polar surface area (TPSA) is 45.1 Å². The normalized spacial score (nSPS) is 12.0. The van der Waals surface area contributed by atoms with Gasteiger partial charge in [-0.05, 0) is 35.6 Å². The van der Waals surface area contributed by atoms with Crippen LogP contribution in [-0.4, -0.2) is 23.2 Å². The number of fused-ring (bicyclic) bond motifs is 1. The summed E-state index contributed by atoms with van der Waals surface area (Å²) in [5.74, 6) is -0.238. The number of aliphatic hydroxyl groups excluding tert-OH is 1. The van der Waals surface area contributed by atoms with E-state index in [0.717, 1.165) is 18.5 Å². The molecule has 2 rings (SSSR count). The maximum atomic E-state index is 13.7. The molecule has 0 radical (unpaired) electrons. The molecule has 0 amide bonds. The van der Waals surface area contributed by atoms with Crippen molar-refractivity contribution in [3.63, 3.8) is 0 Å². The van der Waals surface area contributed by atoms with Gasteiger partial charge in [0.25, 0.3) is 0 Å². The average Bonchev–Trinajstić information content (AvgIpc) is 2.41. The van der Waals surface area contributed by atoms with E-state index in [2.05, 4.69) is 24.1 Å². The van der Waals surface area contributed by atoms with E-state index >= 15 is 0 Å². The molecule has 108 valence electrons. The highest BCUT2D eigenvalue weighted by molar-refractivity contribution is 5.82. The number of benzene rings is 1. The summed E-state index contributed by atoms with van der Waals surface area (Å²) in [6, 6.07) is 6.75. The van der Waals surface area contributed by atoms with Crippen LogP contribution in [0.3, 0.4) is 0 Å². The van der Waals surface area contributed by atoms with Crippen molar-refractivity contribution >= 4 is 10.9 Å². The lowest BCUT2D eigenvalue weighted by atomic mass is 9.89. The third-order valence-corrected chi connectivity index (χ3v) is 3.51. The van der Waals surface area contributed by atoms with Crippen molar-refractivity contribution in [2.24, 2.45) is 5.41 Å². The van der Waals surface area contributed by atoms with Gasteiger partial charge in [0.05, 0.1) is 5.52 Å². The summed E-state index contributed by atoms with van der Waals surface area (Å²) >= 11 is 0. The molecule has 0 spiro atoms. The predicted octanol–water partition coefficient (Wildman–Crippen LogP) is 2.87. The van der Waals surface area contributed by atoms with E-state index < -0.39 is 0 Å². The van der Waals surface area contributed by atoms with Gasteiger partial charge in [-0.25, -0.2) is 4.39 Å².